The number of hydrogen-bond acceptors (Lipinski definition) is 3. The molecule has 0 aliphatic carbocycles. The van der Waals surface area contributed by atoms with E-state index in [1.54, 1.807) is 19.2 Å². The Morgan fingerprint density at radius 2 is 2.22 bits per heavy atom. The van der Waals surface area contributed by atoms with Crippen LogP contribution in [0.2, 0.25) is 0 Å². The van der Waals surface area contributed by atoms with Gasteiger partial charge in [0.05, 0.1) is 0 Å². The molecule has 0 amide bonds. The molecular formula is C13H20BrFN2O. The Morgan fingerprint density at radius 1 is 1.50 bits per heavy atom. The van der Waals surface area contributed by atoms with Gasteiger partial charge in [0.25, 0.3) is 0 Å². The number of ether oxygens (including phenoxy) is 1. The van der Waals surface area contributed by atoms with E-state index in [0.717, 1.165) is 10.9 Å². The van der Waals surface area contributed by atoms with Crippen LogP contribution in [0, 0.1) is 11.7 Å². The fraction of sp³-hybridized carbons (Fsp3) is 0.538. The van der Waals surface area contributed by atoms with Crippen LogP contribution in [0.1, 0.15) is 18.9 Å². The summed E-state index contributed by atoms with van der Waals surface area (Å²) in [6.07, 6.45) is 1.41. The van der Waals surface area contributed by atoms with Crippen LogP contribution in [0.4, 0.5) is 4.39 Å². The van der Waals surface area contributed by atoms with E-state index in [9.17, 15) is 4.39 Å². The number of halogens is 2. The summed E-state index contributed by atoms with van der Waals surface area (Å²) in [6.45, 7) is 2.77. The van der Waals surface area contributed by atoms with Crippen LogP contribution in [-0.4, -0.2) is 19.8 Å². The van der Waals surface area contributed by atoms with Gasteiger partial charge in [-0.2, -0.15) is 0 Å². The Bertz CT molecular complexity index is 376. The van der Waals surface area contributed by atoms with Crippen molar-refractivity contribution in [2.75, 3.05) is 13.7 Å². The van der Waals surface area contributed by atoms with Crippen LogP contribution in [0.15, 0.2) is 22.7 Å². The molecule has 0 bridgehead atoms. The van der Waals surface area contributed by atoms with Crippen LogP contribution in [0.3, 0.4) is 0 Å². The molecule has 2 unspecified atom stereocenters. The van der Waals surface area contributed by atoms with Crippen LogP contribution in [0.5, 0.6) is 0 Å². The molecule has 0 spiro atoms. The molecular weight excluding hydrogens is 299 g/mol. The molecule has 1 aromatic rings. The van der Waals surface area contributed by atoms with Crippen molar-refractivity contribution in [1.29, 1.82) is 0 Å². The third-order valence-electron chi connectivity index (χ3n) is 2.85. The largest absolute Gasteiger partial charge is 0.384 e. The van der Waals surface area contributed by atoms with Crippen molar-refractivity contribution in [2.24, 2.45) is 11.8 Å². The molecule has 102 valence electrons. The number of methoxy groups -OCH3 is 1. The molecule has 0 aromatic heterocycles. The van der Waals surface area contributed by atoms with Gasteiger partial charge < -0.3 is 4.74 Å². The first-order valence-electron chi connectivity index (χ1n) is 5.95. The minimum Gasteiger partial charge on any atom is -0.384 e. The molecule has 0 saturated heterocycles. The van der Waals surface area contributed by atoms with Gasteiger partial charge in [-0.15, -0.1) is 0 Å². The molecule has 1 aromatic carbocycles. The lowest BCUT2D eigenvalue weighted by atomic mass is 9.97. The number of nitrogens with two attached hydrogens (primary N) is 1. The van der Waals surface area contributed by atoms with E-state index in [0.29, 0.717) is 24.5 Å². The molecule has 0 aliphatic rings. The van der Waals surface area contributed by atoms with Gasteiger partial charge >= 0.3 is 0 Å². The molecule has 0 radical (unpaired) electrons. The van der Waals surface area contributed by atoms with E-state index in [4.69, 9.17) is 10.6 Å². The van der Waals surface area contributed by atoms with E-state index >= 15 is 0 Å². The predicted octanol–water partition coefficient (Wildman–Crippen LogP) is 2.64. The molecule has 0 saturated carbocycles. The fourth-order valence-corrected chi connectivity index (χ4v) is 2.42. The summed E-state index contributed by atoms with van der Waals surface area (Å²) in [4.78, 5) is 0. The van der Waals surface area contributed by atoms with E-state index < -0.39 is 0 Å². The van der Waals surface area contributed by atoms with Gasteiger partial charge in [0.2, 0.25) is 0 Å². The minimum atomic E-state index is -0.196. The second-order valence-corrected chi connectivity index (χ2v) is 5.52. The van der Waals surface area contributed by atoms with Crippen molar-refractivity contribution >= 4 is 15.9 Å². The third-order valence-corrected chi connectivity index (χ3v) is 3.34. The zero-order valence-corrected chi connectivity index (χ0v) is 12.3. The van der Waals surface area contributed by atoms with E-state index in [1.165, 1.54) is 6.07 Å². The molecule has 5 heteroatoms. The zero-order valence-electron chi connectivity index (χ0n) is 10.7. The summed E-state index contributed by atoms with van der Waals surface area (Å²) in [5.41, 5.74) is 3.41. The average molecular weight is 319 g/mol. The highest BCUT2D eigenvalue weighted by Gasteiger charge is 2.15. The average Bonchev–Trinajstić information content (AvgIpc) is 2.33. The Labute approximate surface area is 116 Å². The quantitative estimate of drug-likeness (QED) is 0.600. The van der Waals surface area contributed by atoms with Crippen molar-refractivity contribution in [3.63, 3.8) is 0 Å². The van der Waals surface area contributed by atoms with Gasteiger partial charge in [-0.3, -0.25) is 11.3 Å². The molecule has 3 N–H and O–H groups in total. The standard InChI is InChI=1S/C13H20BrFN2O/c1-9(8-18-2)5-12(17-16)7-10-6-11(14)3-4-13(10)15/h3-4,6,9,12,17H,5,7-8,16H2,1-2H3. The van der Waals surface area contributed by atoms with Gasteiger partial charge in [-0.05, 0) is 42.5 Å². The van der Waals surface area contributed by atoms with Gasteiger partial charge in [0, 0.05) is 24.2 Å². The molecule has 2 atom stereocenters. The van der Waals surface area contributed by atoms with E-state index in [1.807, 2.05) is 0 Å². The SMILES string of the molecule is COCC(C)CC(Cc1cc(Br)ccc1F)NN. The Hall–Kier alpha value is -0.490. The van der Waals surface area contributed by atoms with Crippen molar-refractivity contribution in [1.82, 2.24) is 5.43 Å². The summed E-state index contributed by atoms with van der Waals surface area (Å²) in [5, 5.41) is 0. The third kappa shape index (κ3) is 5.02. The Kier molecular flexibility index (Phi) is 6.78. The van der Waals surface area contributed by atoms with Crippen LogP contribution in [0.25, 0.3) is 0 Å². The number of hydrazine groups is 1. The van der Waals surface area contributed by atoms with E-state index in [2.05, 4.69) is 28.3 Å². The maximum absolute atomic E-state index is 13.6. The molecule has 3 nitrogen and oxygen atoms in total. The molecule has 18 heavy (non-hydrogen) atoms. The van der Waals surface area contributed by atoms with Crippen LogP contribution >= 0.6 is 15.9 Å². The van der Waals surface area contributed by atoms with Crippen molar-refractivity contribution in [3.05, 3.63) is 34.1 Å². The predicted molar refractivity (Wildman–Crippen MR) is 74.6 cm³/mol. The molecule has 1 rings (SSSR count). The summed E-state index contributed by atoms with van der Waals surface area (Å²) in [6, 6.07) is 4.99. The van der Waals surface area contributed by atoms with Crippen molar-refractivity contribution < 1.29 is 9.13 Å². The van der Waals surface area contributed by atoms with Gasteiger partial charge in [-0.25, -0.2) is 4.39 Å². The van der Waals surface area contributed by atoms with Crippen molar-refractivity contribution in [2.45, 2.75) is 25.8 Å². The lowest BCUT2D eigenvalue weighted by Gasteiger charge is -2.20. The maximum Gasteiger partial charge on any atom is 0.126 e. The normalized spacial score (nSPS) is 14.5. The van der Waals surface area contributed by atoms with Gasteiger partial charge in [0.15, 0.2) is 0 Å². The Morgan fingerprint density at radius 3 is 2.83 bits per heavy atom. The lowest BCUT2D eigenvalue weighted by Crippen LogP contribution is -2.38. The molecule has 0 aliphatic heterocycles. The Balaban J connectivity index is 2.64. The summed E-state index contributed by atoms with van der Waals surface area (Å²) < 4.78 is 19.6. The van der Waals surface area contributed by atoms with Gasteiger partial charge in [0.1, 0.15) is 5.82 Å². The first-order valence-corrected chi connectivity index (χ1v) is 6.75. The summed E-state index contributed by atoms with van der Waals surface area (Å²) >= 11 is 3.35. The highest BCUT2D eigenvalue weighted by atomic mass is 79.9. The van der Waals surface area contributed by atoms with Crippen molar-refractivity contribution in [3.8, 4) is 0 Å². The number of benzene rings is 1. The first kappa shape index (κ1) is 15.6. The first-order chi connectivity index (χ1) is 8.56. The highest BCUT2D eigenvalue weighted by Crippen LogP contribution is 2.18. The molecule has 0 fully saturated rings. The van der Waals surface area contributed by atoms with Crippen LogP contribution < -0.4 is 11.3 Å². The monoisotopic (exact) mass is 318 g/mol. The summed E-state index contributed by atoms with van der Waals surface area (Å²) in [7, 11) is 1.68. The fourth-order valence-electron chi connectivity index (χ4n) is 2.01. The van der Waals surface area contributed by atoms with Crippen LogP contribution in [-0.2, 0) is 11.2 Å². The molecule has 0 heterocycles. The number of hydrogen-bond donors (Lipinski definition) is 2. The topological polar surface area (TPSA) is 47.3 Å². The highest BCUT2D eigenvalue weighted by molar-refractivity contribution is 9.10. The number of nitrogens with one attached hydrogen (secondary N) is 1. The summed E-state index contributed by atoms with van der Waals surface area (Å²) in [5.74, 6) is 5.71. The maximum atomic E-state index is 13.6. The van der Waals surface area contributed by atoms with E-state index in [-0.39, 0.29) is 11.9 Å². The smallest absolute Gasteiger partial charge is 0.126 e. The number of rotatable bonds is 7. The minimum absolute atomic E-state index is 0.0407. The second-order valence-electron chi connectivity index (χ2n) is 4.60. The van der Waals surface area contributed by atoms with Gasteiger partial charge in [-0.1, -0.05) is 22.9 Å². The zero-order chi connectivity index (χ0) is 13.5. The lowest BCUT2D eigenvalue weighted by molar-refractivity contribution is 0.149. The second kappa shape index (κ2) is 7.84.